The number of rotatable bonds is 6. The summed E-state index contributed by atoms with van der Waals surface area (Å²) in [6.07, 6.45) is 8.29. The lowest BCUT2D eigenvalue weighted by Gasteiger charge is -2.15. The lowest BCUT2D eigenvalue weighted by atomic mass is 10.1. The molecule has 4 nitrogen and oxygen atoms in total. The van der Waals surface area contributed by atoms with Crippen molar-refractivity contribution in [3.8, 4) is 11.8 Å². The summed E-state index contributed by atoms with van der Waals surface area (Å²) >= 11 is 6.14. The fourth-order valence-electron chi connectivity index (χ4n) is 3.44. The first kappa shape index (κ1) is 21.0. The van der Waals surface area contributed by atoms with Gasteiger partial charge >= 0.3 is 0 Å². The summed E-state index contributed by atoms with van der Waals surface area (Å²) in [7, 11) is 0. The Kier molecular flexibility index (Phi) is 7.72. The van der Waals surface area contributed by atoms with E-state index in [0.29, 0.717) is 17.4 Å². The molecule has 2 aromatic carbocycles. The molecule has 1 amide bonds. The minimum Gasteiger partial charge on any atom is -0.489 e. The van der Waals surface area contributed by atoms with Gasteiger partial charge in [-0.2, -0.15) is 5.26 Å². The number of amides is 1. The van der Waals surface area contributed by atoms with E-state index in [1.807, 2.05) is 54.6 Å². The van der Waals surface area contributed by atoms with Crippen LogP contribution < -0.4 is 10.1 Å². The van der Waals surface area contributed by atoms with Crippen molar-refractivity contribution in [3.63, 3.8) is 0 Å². The second-order valence-corrected chi connectivity index (χ2v) is 7.69. The second kappa shape index (κ2) is 10.7. The van der Waals surface area contributed by atoms with Crippen molar-refractivity contribution in [2.45, 2.75) is 51.2 Å². The average molecular weight is 409 g/mol. The number of halogens is 1. The van der Waals surface area contributed by atoms with E-state index in [0.717, 1.165) is 36.8 Å². The maximum Gasteiger partial charge on any atom is 0.262 e. The number of carbonyl (C=O) groups excluding carboxylic acids is 1. The normalized spacial score (nSPS) is 15.2. The Hall–Kier alpha value is -2.77. The van der Waals surface area contributed by atoms with Crippen LogP contribution in [0.3, 0.4) is 0 Å². The van der Waals surface area contributed by atoms with E-state index in [1.54, 1.807) is 6.08 Å². The third-order valence-electron chi connectivity index (χ3n) is 5.10. The van der Waals surface area contributed by atoms with Gasteiger partial charge in [-0.05, 0) is 42.7 Å². The Balaban J connectivity index is 1.60. The van der Waals surface area contributed by atoms with Crippen LogP contribution in [0.25, 0.3) is 6.08 Å². The van der Waals surface area contributed by atoms with Gasteiger partial charge in [0.1, 0.15) is 24.0 Å². The van der Waals surface area contributed by atoms with Crippen molar-refractivity contribution < 1.29 is 9.53 Å². The second-order valence-electron chi connectivity index (χ2n) is 7.28. The molecule has 1 N–H and O–H groups in total. The van der Waals surface area contributed by atoms with Gasteiger partial charge in [-0.15, -0.1) is 0 Å². The molecule has 5 heteroatoms. The van der Waals surface area contributed by atoms with Gasteiger partial charge in [0.05, 0.1) is 0 Å². The van der Waals surface area contributed by atoms with E-state index in [4.69, 9.17) is 16.3 Å². The van der Waals surface area contributed by atoms with E-state index in [2.05, 4.69) is 5.32 Å². The Bertz CT molecular complexity index is 892. The highest BCUT2D eigenvalue weighted by Gasteiger charge is 2.17. The molecular weight excluding hydrogens is 384 g/mol. The molecule has 150 valence electrons. The molecule has 1 saturated carbocycles. The summed E-state index contributed by atoms with van der Waals surface area (Å²) in [5.41, 5.74) is 1.82. The molecule has 29 heavy (non-hydrogen) atoms. The molecule has 0 spiro atoms. The summed E-state index contributed by atoms with van der Waals surface area (Å²) in [4.78, 5) is 12.5. The highest BCUT2D eigenvalue weighted by atomic mass is 35.5. The Morgan fingerprint density at radius 3 is 2.45 bits per heavy atom. The molecule has 2 aromatic rings. The molecule has 0 aliphatic heterocycles. The quantitative estimate of drug-likeness (QED) is 0.380. The van der Waals surface area contributed by atoms with Gasteiger partial charge in [0.25, 0.3) is 5.91 Å². The van der Waals surface area contributed by atoms with E-state index in [-0.39, 0.29) is 17.5 Å². The number of hydrogen-bond acceptors (Lipinski definition) is 3. The SMILES string of the molecule is N#CC(=Cc1ccc(OCc2ccccc2Cl)cc1)C(=O)NC1CCCCCC1. The molecule has 1 aliphatic carbocycles. The summed E-state index contributed by atoms with van der Waals surface area (Å²) in [6.45, 7) is 0.377. The highest BCUT2D eigenvalue weighted by Crippen LogP contribution is 2.20. The fourth-order valence-corrected chi connectivity index (χ4v) is 3.63. The number of nitrogens with zero attached hydrogens (tertiary/aromatic N) is 1. The summed E-state index contributed by atoms with van der Waals surface area (Å²) in [5.74, 6) is 0.405. The van der Waals surface area contributed by atoms with Gasteiger partial charge in [0.2, 0.25) is 0 Å². The molecule has 0 unspecified atom stereocenters. The van der Waals surface area contributed by atoms with Crippen molar-refractivity contribution in [2.75, 3.05) is 0 Å². The highest BCUT2D eigenvalue weighted by molar-refractivity contribution is 6.31. The number of nitriles is 1. The van der Waals surface area contributed by atoms with E-state index < -0.39 is 0 Å². The van der Waals surface area contributed by atoms with Crippen LogP contribution in [0.5, 0.6) is 5.75 Å². The van der Waals surface area contributed by atoms with Crippen LogP contribution >= 0.6 is 11.6 Å². The van der Waals surface area contributed by atoms with Crippen LogP contribution in [0.4, 0.5) is 0 Å². The largest absolute Gasteiger partial charge is 0.489 e. The van der Waals surface area contributed by atoms with Gasteiger partial charge in [0, 0.05) is 16.6 Å². The van der Waals surface area contributed by atoms with Crippen LogP contribution in [-0.4, -0.2) is 11.9 Å². The molecule has 0 bridgehead atoms. The van der Waals surface area contributed by atoms with Gasteiger partial charge < -0.3 is 10.1 Å². The van der Waals surface area contributed by atoms with Crippen molar-refractivity contribution in [1.82, 2.24) is 5.32 Å². The first-order valence-electron chi connectivity index (χ1n) is 10.0. The van der Waals surface area contributed by atoms with Gasteiger partial charge in [-0.25, -0.2) is 0 Å². The summed E-state index contributed by atoms with van der Waals surface area (Å²) < 4.78 is 5.77. The molecule has 0 saturated heterocycles. The predicted molar refractivity (Wildman–Crippen MR) is 115 cm³/mol. The van der Waals surface area contributed by atoms with Crippen LogP contribution in [0.1, 0.15) is 49.7 Å². The molecule has 3 rings (SSSR count). The molecule has 0 radical (unpaired) electrons. The molecule has 1 aliphatic rings. The Morgan fingerprint density at radius 1 is 1.10 bits per heavy atom. The van der Waals surface area contributed by atoms with Crippen LogP contribution in [0, 0.1) is 11.3 Å². The molecule has 0 heterocycles. The first-order valence-corrected chi connectivity index (χ1v) is 10.4. The average Bonchev–Trinajstić information content (AvgIpc) is 3.01. The third-order valence-corrected chi connectivity index (χ3v) is 5.47. The van der Waals surface area contributed by atoms with Crippen LogP contribution in [0.15, 0.2) is 54.1 Å². The zero-order valence-electron chi connectivity index (χ0n) is 16.4. The number of nitrogens with one attached hydrogen (secondary N) is 1. The Labute approximate surface area is 177 Å². The maximum absolute atomic E-state index is 12.5. The zero-order chi connectivity index (χ0) is 20.5. The number of hydrogen-bond donors (Lipinski definition) is 1. The van der Waals surface area contributed by atoms with Crippen molar-refractivity contribution >= 4 is 23.6 Å². The first-order chi connectivity index (χ1) is 14.2. The number of carbonyl (C=O) groups is 1. The summed E-state index contributed by atoms with van der Waals surface area (Å²) in [6, 6.07) is 17.1. The molecule has 1 fully saturated rings. The van der Waals surface area contributed by atoms with Crippen LogP contribution in [-0.2, 0) is 11.4 Å². The van der Waals surface area contributed by atoms with Gasteiger partial charge in [-0.3, -0.25) is 4.79 Å². The van der Waals surface area contributed by atoms with Crippen molar-refractivity contribution in [3.05, 3.63) is 70.3 Å². The summed E-state index contributed by atoms with van der Waals surface area (Å²) in [5, 5.41) is 13.1. The van der Waals surface area contributed by atoms with Crippen molar-refractivity contribution in [1.29, 1.82) is 5.26 Å². The standard InChI is InChI=1S/C24H25ClN2O2/c25-23-10-6-5-7-19(23)17-29-22-13-11-18(12-14-22)15-20(16-26)24(28)27-21-8-3-1-2-4-9-21/h5-7,10-15,21H,1-4,8-9,17H2,(H,27,28). The van der Waals surface area contributed by atoms with E-state index in [9.17, 15) is 10.1 Å². The van der Waals surface area contributed by atoms with Crippen LogP contribution in [0.2, 0.25) is 5.02 Å². The van der Waals surface area contributed by atoms with E-state index >= 15 is 0 Å². The Morgan fingerprint density at radius 2 is 1.79 bits per heavy atom. The monoisotopic (exact) mass is 408 g/mol. The minimum atomic E-state index is -0.293. The topological polar surface area (TPSA) is 62.1 Å². The smallest absolute Gasteiger partial charge is 0.262 e. The van der Waals surface area contributed by atoms with Gasteiger partial charge in [-0.1, -0.05) is 67.6 Å². The third kappa shape index (κ3) is 6.37. The fraction of sp³-hybridized carbons (Fsp3) is 0.333. The zero-order valence-corrected chi connectivity index (χ0v) is 17.1. The lowest BCUT2D eigenvalue weighted by molar-refractivity contribution is -0.117. The number of benzene rings is 2. The molecular formula is C24H25ClN2O2. The number of ether oxygens (including phenoxy) is 1. The minimum absolute atomic E-state index is 0.124. The van der Waals surface area contributed by atoms with Crippen molar-refractivity contribution in [2.24, 2.45) is 0 Å². The predicted octanol–water partition coefficient (Wildman–Crippen LogP) is 5.66. The molecule has 0 aromatic heterocycles. The molecule has 0 atom stereocenters. The van der Waals surface area contributed by atoms with E-state index in [1.165, 1.54) is 12.8 Å². The lowest BCUT2D eigenvalue weighted by Crippen LogP contribution is -2.35. The maximum atomic E-state index is 12.5. The van der Waals surface area contributed by atoms with Gasteiger partial charge in [0.15, 0.2) is 0 Å².